The van der Waals surface area contributed by atoms with Gasteiger partial charge in [-0.1, -0.05) is 6.92 Å². The number of rotatable bonds is 4. The molecule has 0 amide bonds. The second-order valence-electron chi connectivity index (χ2n) is 6.59. The minimum absolute atomic E-state index is 0.0994. The summed E-state index contributed by atoms with van der Waals surface area (Å²) in [6, 6.07) is 0. The second-order valence-corrected chi connectivity index (χ2v) is 6.59. The zero-order valence-electron chi connectivity index (χ0n) is 12.3. The maximum absolute atomic E-state index is 10.6. The van der Waals surface area contributed by atoms with Gasteiger partial charge in [-0.25, -0.2) is 0 Å². The molecule has 0 bridgehead atoms. The van der Waals surface area contributed by atoms with Crippen LogP contribution in [-0.4, -0.2) is 35.1 Å². The summed E-state index contributed by atoms with van der Waals surface area (Å²) in [5, 5.41) is 10.6. The SMILES string of the molecule is CCC(C)(OC)C(O)C1CC(C)(C)OC1(C)C. The average molecular weight is 244 g/mol. The Morgan fingerprint density at radius 1 is 1.41 bits per heavy atom. The Labute approximate surface area is 105 Å². The van der Waals surface area contributed by atoms with Gasteiger partial charge in [0.15, 0.2) is 0 Å². The highest BCUT2D eigenvalue weighted by atomic mass is 16.5. The third-order valence-corrected chi connectivity index (χ3v) is 4.32. The van der Waals surface area contributed by atoms with Crippen molar-refractivity contribution in [2.75, 3.05) is 7.11 Å². The molecular weight excluding hydrogens is 216 g/mol. The van der Waals surface area contributed by atoms with Gasteiger partial charge < -0.3 is 14.6 Å². The van der Waals surface area contributed by atoms with Crippen LogP contribution in [0.5, 0.6) is 0 Å². The molecule has 1 rings (SSSR count). The monoisotopic (exact) mass is 244 g/mol. The molecule has 1 saturated heterocycles. The van der Waals surface area contributed by atoms with Crippen molar-refractivity contribution in [2.45, 2.75) is 77.3 Å². The number of hydrogen-bond donors (Lipinski definition) is 1. The maximum Gasteiger partial charge on any atom is 0.0909 e. The lowest BCUT2D eigenvalue weighted by Gasteiger charge is -2.39. The number of aliphatic hydroxyl groups is 1. The summed E-state index contributed by atoms with van der Waals surface area (Å²) in [7, 11) is 1.67. The fourth-order valence-electron chi connectivity index (χ4n) is 3.00. The van der Waals surface area contributed by atoms with Gasteiger partial charge in [-0.2, -0.15) is 0 Å². The Morgan fingerprint density at radius 3 is 2.24 bits per heavy atom. The lowest BCUT2D eigenvalue weighted by Crippen LogP contribution is -2.50. The zero-order chi connectivity index (χ0) is 13.5. The van der Waals surface area contributed by atoms with E-state index in [4.69, 9.17) is 9.47 Å². The third kappa shape index (κ3) is 2.83. The first-order valence-corrected chi connectivity index (χ1v) is 6.51. The summed E-state index contributed by atoms with van der Waals surface area (Å²) in [5.41, 5.74) is -0.971. The third-order valence-electron chi connectivity index (χ3n) is 4.32. The van der Waals surface area contributed by atoms with E-state index in [2.05, 4.69) is 27.7 Å². The van der Waals surface area contributed by atoms with Crippen molar-refractivity contribution in [3.8, 4) is 0 Å². The van der Waals surface area contributed by atoms with Gasteiger partial charge >= 0.3 is 0 Å². The second kappa shape index (κ2) is 4.52. The van der Waals surface area contributed by atoms with E-state index >= 15 is 0 Å². The van der Waals surface area contributed by atoms with Gasteiger partial charge in [-0.05, 0) is 47.5 Å². The molecule has 0 aromatic rings. The Morgan fingerprint density at radius 2 is 1.94 bits per heavy atom. The van der Waals surface area contributed by atoms with Crippen LogP contribution in [0.1, 0.15) is 54.4 Å². The van der Waals surface area contributed by atoms with Gasteiger partial charge in [-0.15, -0.1) is 0 Å². The number of aliphatic hydroxyl groups excluding tert-OH is 1. The van der Waals surface area contributed by atoms with Crippen LogP contribution in [0.15, 0.2) is 0 Å². The topological polar surface area (TPSA) is 38.7 Å². The van der Waals surface area contributed by atoms with Gasteiger partial charge in [0.25, 0.3) is 0 Å². The molecule has 1 aliphatic rings. The highest BCUT2D eigenvalue weighted by Crippen LogP contribution is 2.46. The van der Waals surface area contributed by atoms with Crippen molar-refractivity contribution in [3.63, 3.8) is 0 Å². The van der Waals surface area contributed by atoms with Gasteiger partial charge in [0.05, 0.1) is 22.9 Å². The molecule has 0 radical (unpaired) electrons. The van der Waals surface area contributed by atoms with E-state index in [1.54, 1.807) is 7.11 Å². The Balaban J connectivity index is 2.93. The van der Waals surface area contributed by atoms with Crippen molar-refractivity contribution in [3.05, 3.63) is 0 Å². The van der Waals surface area contributed by atoms with E-state index in [0.717, 1.165) is 12.8 Å². The lowest BCUT2D eigenvalue weighted by atomic mass is 9.76. The summed E-state index contributed by atoms with van der Waals surface area (Å²) in [6.45, 7) is 12.3. The van der Waals surface area contributed by atoms with Crippen LogP contribution in [-0.2, 0) is 9.47 Å². The van der Waals surface area contributed by atoms with Crippen molar-refractivity contribution >= 4 is 0 Å². The summed E-state index contributed by atoms with van der Waals surface area (Å²) in [6.07, 6.45) is 1.15. The van der Waals surface area contributed by atoms with E-state index in [9.17, 15) is 5.11 Å². The van der Waals surface area contributed by atoms with Crippen LogP contribution < -0.4 is 0 Å². The van der Waals surface area contributed by atoms with Gasteiger partial charge in [-0.3, -0.25) is 0 Å². The molecule has 3 unspecified atom stereocenters. The van der Waals surface area contributed by atoms with Crippen molar-refractivity contribution in [1.82, 2.24) is 0 Å². The molecule has 3 atom stereocenters. The van der Waals surface area contributed by atoms with Gasteiger partial charge in [0.1, 0.15) is 0 Å². The van der Waals surface area contributed by atoms with Crippen LogP contribution in [0.3, 0.4) is 0 Å². The first kappa shape index (κ1) is 14.9. The first-order chi connectivity index (χ1) is 7.58. The van der Waals surface area contributed by atoms with Crippen LogP contribution in [0.2, 0.25) is 0 Å². The fourth-order valence-corrected chi connectivity index (χ4v) is 3.00. The van der Waals surface area contributed by atoms with E-state index in [0.29, 0.717) is 0 Å². The summed E-state index contributed by atoms with van der Waals surface area (Å²) < 4.78 is 11.6. The average Bonchev–Trinajstić information content (AvgIpc) is 2.44. The Hall–Kier alpha value is -0.120. The highest BCUT2D eigenvalue weighted by molar-refractivity contribution is 5.02. The number of methoxy groups -OCH3 is 1. The largest absolute Gasteiger partial charge is 0.390 e. The standard InChI is InChI=1S/C14H28O3/c1-8-14(6,16-7)11(15)10-9-12(2,3)17-13(10,4)5/h10-11,15H,8-9H2,1-7H3. The predicted molar refractivity (Wildman–Crippen MR) is 69.1 cm³/mol. The van der Waals surface area contributed by atoms with E-state index in [-0.39, 0.29) is 17.1 Å². The highest BCUT2D eigenvalue weighted by Gasteiger charge is 2.52. The molecule has 0 aliphatic carbocycles. The smallest absolute Gasteiger partial charge is 0.0909 e. The zero-order valence-corrected chi connectivity index (χ0v) is 12.3. The quantitative estimate of drug-likeness (QED) is 0.826. The minimum Gasteiger partial charge on any atom is -0.390 e. The molecule has 0 aromatic carbocycles. The molecule has 17 heavy (non-hydrogen) atoms. The first-order valence-electron chi connectivity index (χ1n) is 6.51. The number of ether oxygens (including phenoxy) is 2. The molecule has 0 spiro atoms. The molecule has 1 aliphatic heterocycles. The lowest BCUT2D eigenvalue weighted by molar-refractivity contribution is -0.145. The van der Waals surface area contributed by atoms with Crippen LogP contribution in [0.25, 0.3) is 0 Å². The number of hydrogen-bond acceptors (Lipinski definition) is 3. The molecule has 0 saturated carbocycles. The molecule has 102 valence electrons. The van der Waals surface area contributed by atoms with E-state index in [1.165, 1.54) is 0 Å². The van der Waals surface area contributed by atoms with Crippen LogP contribution >= 0.6 is 0 Å². The molecule has 3 heteroatoms. The Kier molecular flexibility index (Phi) is 3.98. The van der Waals surface area contributed by atoms with Gasteiger partial charge in [0, 0.05) is 13.0 Å². The fraction of sp³-hybridized carbons (Fsp3) is 1.00. The summed E-state index contributed by atoms with van der Waals surface area (Å²) >= 11 is 0. The van der Waals surface area contributed by atoms with E-state index in [1.807, 2.05) is 13.8 Å². The molecule has 0 aromatic heterocycles. The van der Waals surface area contributed by atoms with Crippen molar-refractivity contribution in [2.24, 2.45) is 5.92 Å². The Bertz CT molecular complexity index is 267. The van der Waals surface area contributed by atoms with Gasteiger partial charge in [0.2, 0.25) is 0 Å². The van der Waals surface area contributed by atoms with Crippen molar-refractivity contribution < 1.29 is 14.6 Å². The summed E-state index contributed by atoms with van der Waals surface area (Å²) in [4.78, 5) is 0. The normalized spacial score (nSPS) is 32.1. The maximum atomic E-state index is 10.6. The van der Waals surface area contributed by atoms with Crippen LogP contribution in [0.4, 0.5) is 0 Å². The summed E-state index contributed by atoms with van der Waals surface area (Å²) in [5.74, 6) is 0.0994. The molecular formula is C14H28O3. The molecule has 1 fully saturated rings. The molecule has 1 N–H and O–H groups in total. The predicted octanol–water partition coefficient (Wildman–Crippen LogP) is 2.76. The molecule has 3 nitrogen and oxygen atoms in total. The van der Waals surface area contributed by atoms with Crippen molar-refractivity contribution in [1.29, 1.82) is 0 Å². The van der Waals surface area contributed by atoms with Crippen LogP contribution in [0, 0.1) is 5.92 Å². The van der Waals surface area contributed by atoms with E-state index < -0.39 is 11.7 Å². The minimum atomic E-state index is -0.505. The molecule has 1 heterocycles.